The van der Waals surface area contributed by atoms with Gasteiger partial charge in [-0.1, -0.05) is 36.4 Å². The molecule has 20 heavy (non-hydrogen) atoms. The number of carbonyl (C=O) groups is 2. The number of carboxylic acid groups (broad SMARTS) is 2. The fourth-order valence-electron chi connectivity index (χ4n) is 1.14. The van der Waals surface area contributed by atoms with Crippen molar-refractivity contribution in [2.75, 3.05) is 0 Å². The monoisotopic (exact) mass is 275 g/mol. The molecule has 0 bridgehead atoms. The SMILES string of the molecule is CC(=O)O.CC(=O)O.c1ccc(-c2ccccn2)cc1. The molecule has 0 spiro atoms. The van der Waals surface area contributed by atoms with Crippen molar-refractivity contribution < 1.29 is 19.8 Å². The van der Waals surface area contributed by atoms with E-state index >= 15 is 0 Å². The van der Waals surface area contributed by atoms with Crippen molar-refractivity contribution in [3.05, 3.63) is 54.7 Å². The zero-order chi connectivity index (χ0) is 15.4. The Bertz CT molecular complexity index is 454. The zero-order valence-corrected chi connectivity index (χ0v) is 11.4. The van der Waals surface area contributed by atoms with Crippen molar-refractivity contribution >= 4 is 11.9 Å². The van der Waals surface area contributed by atoms with Crippen LogP contribution in [0.4, 0.5) is 0 Å². The predicted molar refractivity (Wildman–Crippen MR) is 76.3 cm³/mol. The van der Waals surface area contributed by atoms with E-state index in [4.69, 9.17) is 19.8 Å². The Morgan fingerprint density at radius 2 is 1.30 bits per heavy atom. The third kappa shape index (κ3) is 10.5. The number of hydrogen-bond donors (Lipinski definition) is 2. The molecule has 0 aliphatic heterocycles. The minimum absolute atomic E-state index is 0.833. The summed E-state index contributed by atoms with van der Waals surface area (Å²) in [6.07, 6.45) is 1.81. The summed E-state index contributed by atoms with van der Waals surface area (Å²) in [5.41, 5.74) is 2.19. The largest absolute Gasteiger partial charge is 0.481 e. The highest BCUT2D eigenvalue weighted by Crippen LogP contribution is 2.14. The number of pyridine rings is 1. The average molecular weight is 275 g/mol. The molecule has 5 heteroatoms. The molecule has 1 aromatic heterocycles. The van der Waals surface area contributed by atoms with Crippen molar-refractivity contribution in [3.8, 4) is 11.3 Å². The summed E-state index contributed by atoms with van der Waals surface area (Å²) in [5.74, 6) is -1.67. The second-order valence-corrected chi connectivity index (χ2v) is 3.62. The maximum absolute atomic E-state index is 9.00. The summed E-state index contributed by atoms with van der Waals surface area (Å²) >= 11 is 0. The molecule has 0 unspecified atom stereocenters. The fourth-order valence-corrected chi connectivity index (χ4v) is 1.14. The quantitative estimate of drug-likeness (QED) is 0.835. The van der Waals surface area contributed by atoms with Crippen LogP contribution in [0.1, 0.15) is 13.8 Å². The Hall–Kier alpha value is -2.69. The molecule has 2 rings (SSSR count). The van der Waals surface area contributed by atoms with Crippen LogP contribution in [0.15, 0.2) is 54.7 Å². The van der Waals surface area contributed by atoms with Gasteiger partial charge >= 0.3 is 0 Å². The first-order valence-electron chi connectivity index (χ1n) is 5.79. The number of hydrogen-bond acceptors (Lipinski definition) is 3. The maximum Gasteiger partial charge on any atom is 0.300 e. The number of carboxylic acids is 2. The van der Waals surface area contributed by atoms with E-state index in [2.05, 4.69) is 17.1 Å². The van der Waals surface area contributed by atoms with Gasteiger partial charge in [0.05, 0.1) is 5.69 Å². The summed E-state index contributed by atoms with van der Waals surface area (Å²) in [6, 6.07) is 16.1. The Morgan fingerprint density at radius 3 is 1.70 bits per heavy atom. The summed E-state index contributed by atoms with van der Waals surface area (Å²) in [4.78, 5) is 22.2. The first kappa shape index (κ1) is 17.3. The number of rotatable bonds is 1. The first-order chi connectivity index (χ1) is 9.43. The maximum atomic E-state index is 9.00. The van der Waals surface area contributed by atoms with Crippen molar-refractivity contribution in [2.45, 2.75) is 13.8 Å². The molecular formula is C15H17NO4. The minimum atomic E-state index is -0.833. The molecule has 0 aliphatic rings. The van der Waals surface area contributed by atoms with Crippen molar-refractivity contribution in [1.29, 1.82) is 0 Å². The van der Waals surface area contributed by atoms with Crippen LogP contribution in [0.3, 0.4) is 0 Å². The van der Waals surface area contributed by atoms with Crippen LogP contribution in [-0.4, -0.2) is 27.1 Å². The Kier molecular flexibility index (Phi) is 8.87. The van der Waals surface area contributed by atoms with E-state index in [1.807, 2.05) is 42.6 Å². The zero-order valence-electron chi connectivity index (χ0n) is 11.4. The summed E-state index contributed by atoms with van der Waals surface area (Å²) in [5, 5.41) is 14.8. The van der Waals surface area contributed by atoms with Crippen LogP contribution < -0.4 is 0 Å². The van der Waals surface area contributed by atoms with Crippen LogP contribution in [0, 0.1) is 0 Å². The second-order valence-electron chi connectivity index (χ2n) is 3.62. The number of aliphatic carboxylic acids is 2. The predicted octanol–water partition coefficient (Wildman–Crippen LogP) is 2.93. The lowest BCUT2D eigenvalue weighted by atomic mass is 10.1. The lowest BCUT2D eigenvalue weighted by Crippen LogP contribution is -1.79. The molecule has 0 saturated heterocycles. The highest BCUT2D eigenvalue weighted by atomic mass is 16.4. The summed E-state index contributed by atoms with van der Waals surface area (Å²) < 4.78 is 0. The van der Waals surface area contributed by atoms with Gasteiger partial charge in [0, 0.05) is 25.6 Å². The van der Waals surface area contributed by atoms with Gasteiger partial charge in [-0.25, -0.2) is 0 Å². The number of nitrogens with zero attached hydrogens (tertiary/aromatic N) is 1. The van der Waals surface area contributed by atoms with Crippen LogP contribution in [-0.2, 0) is 9.59 Å². The number of aromatic nitrogens is 1. The average Bonchev–Trinajstić information content (AvgIpc) is 2.39. The highest BCUT2D eigenvalue weighted by molar-refractivity contribution is 5.63. The van der Waals surface area contributed by atoms with Gasteiger partial charge in [0.1, 0.15) is 0 Å². The number of benzene rings is 1. The molecule has 0 radical (unpaired) electrons. The van der Waals surface area contributed by atoms with Gasteiger partial charge in [0.25, 0.3) is 11.9 Å². The molecule has 106 valence electrons. The molecule has 1 aromatic carbocycles. The van der Waals surface area contributed by atoms with Gasteiger partial charge < -0.3 is 10.2 Å². The van der Waals surface area contributed by atoms with Crippen molar-refractivity contribution in [2.24, 2.45) is 0 Å². The lowest BCUT2D eigenvalue weighted by Gasteiger charge is -1.97. The highest BCUT2D eigenvalue weighted by Gasteiger charge is 1.93. The van der Waals surface area contributed by atoms with Crippen molar-refractivity contribution in [3.63, 3.8) is 0 Å². The molecule has 1 heterocycles. The van der Waals surface area contributed by atoms with Gasteiger partial charge in [-0.3, -0.25) is 14.6 Å². The van der Waals surface area contributed by atoms with Gasteiger partial charge in [-0.05, 0) is 12.1 Å². The summed E-state index contributed by atoms with van der Waals surface area (Å²) in [7, 11) is 0. The third-order valence-electron chi connectivity index (χ3n) is 1.73. The van der Waals surface area contributed by atoms with E-state index in [0.29, 0.717) is 0 Å². The van der Waals surface area contributed by atoms with E-state index in [9.17, 15) is 0 Å². The van der Waals surface area contributed by atoms with Crippen LogP contribution in [0.2, 0.25) is 0 Å². The molecular weight excluding hydrogens is 258 g/mol. The molecule has 0 saturated carbocycles. The Balaban J connectivity index is 0.000000380. The molecule has 5 nitrogen and oxygen atoms in total. The molecule has 2 N–H and O–H groups in total. The smallest absolute Gasteiger partial charge is 0.300 e. The molecule has 0 amide bonds. The van der Waals surface area contributed by atoms with Gasteiger partial charge in [-0.15, -0.1) is 0 Å². The Morgan fingerprint density at radius 1 is 0.850 bits per heavy atom. The van der Waals surface area contributed by atoms with Crippen molar-refractivity contribution in [1.82, 2.24) is 4.98 Å². The van der Waals surface area contributed by atoms with E-state index in [1.165, 1.54) is 0 Å². The lowest BCUT2D eigenvalue weighted by molar-refractivity contribution is -0.135. The molecule has 0 aliphatic carbocycles. The van der Waals surface area contributed by atoms with Crippen LogP contribution in [0.25, 0.3) is 11.3 Å². The normalized spacial score (nSPS) is 8.30. The first-order valence-corrected chi connectivity index (χ1v) is 5.79. The van der Waals surface area contributed by atoms with Gasteiger partial charge in [0.15, 0.2) is 0 Å². The molecule has 0 fully saturated rings. The summed E-state index contributed by atoms with van der Waals surface area (Å²) in [6.45, 7) is 2.17. The second kappa shape index (κ2) is 10.3. The van der Waals surface area contributed by atoms with Crippen LogP contribution in [0.5, 0.6) is 0 Å². The minimum Gasteiger partial charge on any atom is -0.481 e. The third-order valence-corrected chi connectivity index (χ3v) is 1.73. The standard InChI is InChI=1S/C11H9N.2C2H4O2/c1-2-6-10(7-3-1)11-8-4-5-9-12-11;2*1-2(3)4/h1-9H;2*1H3,(H,3,4). The molecule has 2 aromatic rings. The van der Waals surface area contributed by atoms with Gasteiger partial charge in [-0.2, -0.15) is 0 Å². The Labute approximate surface area is 117 Å². The van der Waals surface area contributed by atoms with E-state index < -0.39 is 11.9 Å². The van der Waals surface area contributed by atoms with E-state index in [1.54, 1.807) is 0 Å². The van der Waals surface area contributed by atoms with Gasteiger partial charge in [0.2, 0.25) is 0 Å². The molecule has 0 atom stereocenters. The van der Waals surface area contributed by atoms with E-state index in [-0.39, 0.29) is 0 Å². The van der Waals surface area contributed by atoms with Crippen LogP contribution >= 0.6 is 0 Å². The van der Waals surface area contributed by atoms with E-state index in [0.717, 1.165) is 25.1 Å². The topological polar surface area (TPSA) is 87.5 Å². The fraction of sp³-hybridized carbons (Fsp3) is 0.133.